The third kappa shape index (κ3) is 4.88. The lowest BCUT2D eigenvalue weighted by Gasteiger charge is -2.21. The molecule has 0 aliphatic heterocycles. The van der Waals surface area contributed by atoms with Crippen LogP contribution < -0.4 is 9.64 Å². The highest BCUT2D eigenvalue weighted by Crippen LogP contribution is 2.27. The summed E-state index contributed by atoms with van der Waals surface area (Å²) < 4.78 is 5.84. The van der Waals surface area contributed by atoms with E-state index >= 15 is 0 Å². The van der Waals surface area contributed by atoms with Crippen LogP contribution in [-0.2, 0) is 0 Å². The maximum Gasteiger partial charge on any atom is 0.129 e. The summed E-state index contributed by atoms with van der Waals surface area (Å²) in [7, 11) is 0. The number of phenols is 1. The van der Waals surface area contributed by atoms with Crippen LogP contribution in [0.5, 0.6) is 17.2 Å². The van der Waals surface area contributed by atoms with Gasteiger partial charge in [-0.2, -0.15) is 0 Å². The van der Waals surface area contributed by atoms with Crippen molar-refractivity contribution in [2.45, 2.75) is 13.8 Å². The lowest BCUT2D eigenvalue weighted by Crippen LogP contribution is -2.21. The number of phenolic OH excluding ortho intramolecular Hbond substituents is 1. The van der Waals surface area contributed by atoms with E-state index in [0.717, 1.165) is 36.0 Å². The summed E-state index contributed by atoms with van der Waals surface area (Å²) in [4.78, 5) is 6.74. The minimum absolute atomic E-state index is 0.214. The molecule has 0 saturated carbocycles. The topological polar surface area (TPSA) is 45.1 Å². The first-order chi connectivity index (χ1) is 13.2. The highest BCUT2D eigenvalue weighted by atomic mass is 16.5. The minimum Gasteiger partial charge on any atom is -0.507 e. The number of aliphatic imine (C=N–C) groups is 1. The highest BCUT2D eigenvalue weighted by molar-refractivity contribution is 5.87. The Morgan fingerprint density at radius 1 is 0.889 bits per heavy atom. The Bertz CT molecular complexity index is 903. The summed E-state index contributed by atoms with van der Waals surface area (Å²) in [5.41, 5.74) is 2.52. The van der Waals surface area contributed by atoms with Gasteiger partial charge in [0, 0.05) is 36.6 Å². The molecule has 0 bridgehead atoms. The summed E-state index contributed by atoms with van der Waals surface area (Å²) in [5, 5.41) is 10.2. The second kappa shape index (κ2) is 8.90. The molecule has 3 aromatic rings. The molecule has 0 atom stereocenters. The number of aromatic hydroxyl groups is 1. The van der Waals surface area contributed by atoms with Gasteiger partial charge in [0.15, 0.2) is 0 Å². The number of benzene rings is 3. The molecule has 27 heavy (non-hydrogen) atoms. The van der Waals surface area contributed by atoms with E-state index in [1.54, 1.807) is 12.3 Å². The normalized spacial score (nSPS) is 10.9. The molecule has 0 fully saturated rings. The molecule has 4 heteroatoms. The van der Waals surface area contributed by atoms with Crippen molar-refractivity contribution in [1.29, 1.82) is 0 Å². The number of para-hydroxylation sites is 1. The van der Waals surface area contributed by atoms with E-state index in [2.05, 4.69) is 23.7 Å². The lowest BCUT2D eigenvalue weighted by atomic mass is 10.1. The van der Waals surface area contributed by atoms with Crippen molar-refractivity contribution in [3.8, 4) is 17.2 Å². The largest absolute Gasteiger partial charge is 0.507 e. The van der Waals surface area contributed by atoms with E-state index in [9.17, 15) is 5.11 Å². The van der Waals surface area contributed by atoms with Gasteiger partial charge in [0.2, 0.25) is 0 Å². The van der Waals surface area contributed by atoms with Crippen molar-refractivity contribution in [3.05, 3.63) is 78.4 Å². The van der Waals surface area contributed by atoms with Crippen LogP contribution in [0, 0.1) is 0 Å². The Morgan fingerprint density at radius 3 is 2.37 bits per heavy atom. The van der Waals surface area contributed by atoms with Gasteiger partial charge in [-0.25, -0.2) is 0 Å². The van der Waals surface area contributed by atoms with Crippen molar-refractivity contribution in [2.24, 2.45) is 4.99 Å². The van der Waals surface area contributed by atoms with Crippen LogP contribution in [0.15, 0.2) is 77.8 Å². The van der Waals surface area contributed by atoms with E-state index in [4.69, 9.17) is 4.74 Å². The smallest absolute Gasteiger partial charge is 0.129 e. The zero-order chi connectivity index (χ0) is 19.1. The molecule has 0 amide bonds. The summed E-state index contributed by atoms with van der Waals surface area (Å²) in [6.45, 7) is 6.05. The Kier molecular flexibility index (Phi) is 6.10. The van der Waals surface area contributed by atoms with E-state index in [-0.39, 0.29) is 5.75 Å². The molecule has 1 N–H and O–H groups in total. The molecule has 138 valence electrons. The van der Waals surface area contributed by atoms with Gasteiger partial charge in [-0.05, 0) is 56.3 Å². The minimum atomic E-state index is 0.214. The van der Waals surface area contributed by atoms with Crippen LogP contribution >= 0.6 is 0 Å². The maximum absolute atomic E-state index is 10.2. The third-order valence-electron chi connectivity index (χ3n) is 4.29. The molecule has 0 aliphatic carbocycles. The monoisotopic (exact) mass is 360 g/mol. The van der Waals surface area contributed by atoms with E-state index in [0.29, 0.717) is 5.56 Å². The summed E-state index contributed by atoms with van der Waals surface area (Å²) in [5.74, 6) is 1.71. The van der Waals surface area contributed by atoms with Crippen molar-refractivity contribution in [3.63, 3.8) is 0 Å². The van der Waals surface area contributed by atoms with Crippen LogP contribution in [0.4, 0.5) is 11.4 Å². The van der Waals surface area contributed by atoms with Gasteiger partial charge in [0.05, 0.1) is 5.69 Å². The Hall–Kier alpha value is -3.27. The lowest BCUT2D eigenvalue weighted by molar-refractivity contribution is 0.474. The van der Waals surface area contributed by atoms with Gasteiger partial charge in [-0.1, -0.05) is 24.3 Å². The van der Waals surface area contributed by atoms with Gasteiger partial charge < -0.3 is 14.7 Å². The number of ether oxygens (including phenoxy) is 1. The van der Waals surface area contributed by atoms with Crippen molar-refractivity contribution in [2.75, 3.05) is 18.0 Å². The molecule has 0 aromatic heterocycles. The number of nitrogens with zero attached hydrogens (tertiary/aromatic N) is 2. The molecule has 0 unspecified atom stereocenters. The quantitative estimate of drug-likeness (QED) is 0.543. The van der Waals surface area contributed by atoms with Gasteiger partial charge in [0.1, 0.15) is 17.2 Å². The van der Waals surface area contributed by atoms with E-state index in [1.165, 1.54) is 0 Å². The Morgan fingerprint density at radius 2 is 1.63 bits per heavy atom. The zero-order valence-corrected chi connectivity index (χ0v) is 15.7. The van der Waals surface area contributed by atoms with Gasteiger partial charge >= 0.3 is 0 Å². The first kappa shape index (κ1) is 18.5. The van der Waals surface area contributed by atoms with E-state index in [1.807, 2.05) is 66.7 Å². The molecule has 0 heterocycles. The molecule has 0 radical (unpaired) electrons. The van der Waals surface area contributed by atoms with Crippen LogP contribution in [0.25, 0.3) is 0 Å². The molecule has 4 nitrogen and oxygen atoms in total. The Balaban J connectivity index is 1.80. The van der Waals surface area contributed by atoms with E-state index < -0.39 is 0 Å². The third-order valence-corrected chi connectivity index (χ3v) is 4.29. The van der Waals surface area contributed by atoms with Crippen LogP contribution in [0.2, 0.25) is 0 Å². The van der Waals surface area contributed by atoms with Gasteiger partial charge in [0.25, 0.3) is 0 Å². The first-order valence-electron chi connectivity index (χ1n) is 9.14. The second-order valence-corrected chi connectivity index (χ2v) is 6.09. The molecule has 0 aliphatic rings. The number of rotatable bonds is 7. The molecule has 0 spiro atoms. The second-order valence-electron chi connectivity index (χ2n) is 6.09. The predicted molar refractivity (Wildman–Crippen MR) is 112 cm³/mol. The van der Waals surface area contributed by atoms with Crippen molar-refractivity contribution >= 4 is 17.6 Å². The van der Waals surface area contributed by atoms with Gasteiger partial charge in [-0.3, -0.25) is 4.99 Å². The summed E-state index contributed by atoms with van der Waals surface area (Å²) in [6.07, 6.45) is 1.68. The fraction of sp³-hybridized carbons (Fsp3) is 0.174. The average molecular weight is 360 g/mol. The zero-order valence-electron chi connectivity index (χ0n) is 15.7. The molecular weight excluding hydrogens is 336 g/mol. The SMILES string of the molecule is CCN(CC)c1ccc(O)c(C=Nc2cccc(Oc3ccccc3)c2)c1. The van der Waals surface area contributed by atoms with Crippen LogP contribution in [-0.4, -0.2) is 24.4 Å². The first-order valence-corrected chi connectivity index (χ1v) is 9.14. The highest BCUT2D eigenvalue weighted by Gasteiger charge is 2.06. The summed E-state index contributed by atoms with van der Waals surface area (Å²) >= 11 is 0. The fourth-order valence-corrected chi connectivity index (χ4v) is 2.83. The maximum atomic E-state index is 10.2. The van der Waals surface area contributed by atoms with Crippen molar-refractivity contribution < 1.29 is 9.84 Å². The molecule has 3 rings (SSSR count). The van der Waals surface area contributed by atoms with Crippen molar-refractivity contribution in [1.82, 2.24) is 0 Å². The van der Waals surface area contributed by atoms with Crippen LogP contribution in [0.1, 0.15) is 19.4 Å². The summed E-state index contributed by atoms with van der Waals surface area (Å²) in [6, 6.07) is 22.8. The number of hydrogen-bond donors (Lipinski definition) is 1. The standard InChI is InChI=1S/C23H24N2O2/c1-3-25(4-2)20-13-14-23(26)18(15-20)17-24-19-9-8-12-22(16-19)27-21-10-6-5-7-11-21/h5-17,26H,3-4H2,1-2H3. The molecule has 0 saturated heterocycles. The number of hydrogen-bond acceptors (Lipinski definition) is 4. The fourth-order valence-electron chi connectivity index (χ4n) is 2.83. The Labute approximate surface area is 160 Å². The molecule has 3 aromatic carbocycles. The van der Waals surface area contributed by atoms with Crippen LogP contribution in [0.3, 0.4) is 0 Å². The molecular formula is C23H24N2O2. The average Bonchev–Trinajstić information content (AvgIpc) is 2.70. The predicted octanol–water partition coefficient (Wildman–Crippen LogP) is 5.78. The van der Waals surface area contributed by atoms with Gasteiger partial charge in [-0.15, -0.1) is 0 Å². The number of anilines is 1.